The largest absolute Gasteiger partial charge is 0.354 e. The summed E-state index contributed by atoms with van der Waals surface area (Å²) in [6.07, 6.45) is 0. The first-order chi connectivity index (χ1) is 8.67. The predicted octanol–water partition coefficient (Wildman–Crippen LogP) is 3.42. The van der Waals surface area contributed by atoms with Crippen molar-refractivity contribution < 1.29 is 0 Å². The van der Waals surface area contributed by atoms with E-state index in [2.05, 4.69) is 39.3 Å². The van der Waals surface area contributed by atoms with Gasteiger partial charge in [0.15, 0.2) is 5.16 Å². The number of halogens is 1. The van der Waals surface area contributed by atoms with E-state index in [0.717, 1.165) is 11.4 Å². The second kappa shape index (κ2) is 6.02. The molecule has 1 aromatic carbocycles. The van der Waals surface area contributed by atoms with Crippen molar-refractivity contribution in [2.75, 3.05) is 11.9 Å². The van der Waals surface area contributed by atoms with Crippen molar-refractivity contribution in [1.29, 1.82) is 0 Å². The summed E-state index contributed by atoms with van der Waals surface area (Å²) in [5, 5.41) is 3.82. The second-order valence-corrected chi connectivity index (χ2v) is 5.04. The van der Waals surface area contributed by atoms with Crippen molar-refractivity contribution >= 4 is 29.3 Å². The lowest BCUT2D eigenvalue weighted by atomic mass is 10.2. The molecule has 1 N–H and O–H groups in total. The molecule has 2 aromatic rings. The van der Waals surface area contributed by atoms with Gasteiger partial charge in [-0.3, -0.25) is 0 Å². The van der Waals surface area contributed by atoms with Crippen molar-refractivity contribution in [2.45, 2.75) is 23.9 Å². The molecule has 0 unspecified atom stereocenters. The molecule has 0 spiro atoms. The van der Waals surface area contributed by atoms with Gasteiger partial charge in [-0.05, 0) is 49.3 Å². The molecule has 94 valence electrons. The smallest absolute Gasteiger partial charge is 0.228 e. The fourth-order valence-electron chi connectivity index (χ4n) is 1.40. The van der Waals surface area contributed by atoms with E-state index in [9.17, 15) is 0 Å². The topological polar surface area (TPSA) is 50.7 Å². The average molecular weight is 281 g/mol. The summed E-state index contributed by atoms with van der Waals surface area (Å²) in [5.74, 6) is 0.507. The number of benzene rings is 1. The number of hydrogen-bond acceptors (Lipinski definition) is 5. The maximum atomic E-state index is 5.87. The van der Waals surface area contributed by atoms with Crippen LogP contribution >= 0.6 is 23.4 Å². The molecule has 0 aliphatic heterocycles. The maximum absolute atomic E-state index is 5.87. The SMILES string of the molecule is CCNc1nc(Cl)nc(Sc2cccc(C)c2)n1. The van der Waals surface area contributed by atoms with Crippen molar-refractivity contribution in [2.24, 2.45) is 0 Å². The minimum Gasteiger partial charge on any atom is -0.354 e. The molecule has 2 rings (SSSR count). The van der Waals surface area contributed by atoms with Gasteiger partial charge in [-0.1, -0.05) is 17.7 Å². The minimum atomic E-state index is 0.205. The lowest BCUT2D eigenvalue weighted by Crippen LogP contribution is -2.04. The third-order valence-corrected chi connectivity index (χ3v) is 3.14. The maximum Gasteiger partial charge on any atom is 0.228 e. The lowest BCUT2D eigenvalue weighted by molar-refractivity contribution is 0.898. The van der Waals surface area contributed by atoms with Crippen LogP contribution in [0, 0.1) is 6.92 Å². The van der Waals surface area contributed by atoms with E-state index in [-0.39, 0.29) is 5.28 Å². The molecular weight excluding hydrogens is 268 g/mol. The average Bonchev–Trinajstić information content (AvgIpc) is 2.28. The first-order valence-electron chi connectivity index (χ1n) is 5.57. The number of aromatic nitrogens is 3. The summed E-state index contributed by atoms with van der Waals surface area (Å²) in [6.45, 7) is 4.77. The first kappa shape index (κ1) is 13.1. The fourth-order valence-corrected chi connectivity index (χ4v) is 2.48. The molecule has 1 aromatic heterocycles. The number of anilines is 1. The van der Waals surface area contributed by atoms with E-state index >= 15 is 0 Å². The Morgan fingerprint density at radius 3 is 2.83 bits per heavy atom. The molecule has 1 heterocycles. The van der Waals surface area contributed by atoms with Crippen LogP contribution in [0.25, 0.3) is 0 Å². The van der Waals surface area contributed by atoms with E-state index in [1.165, 1.54) is 17.3 Å². The van der Waals surface area contributed by atoms with Gasteiger partial charge in [-0.25, -0.2) is 0 Å². The van der Waals surface area contributed by atoms with Crippen LogP contribution in [-0.4, -0.2) is 21.5 Å². The Morgan fingerprint density at radius 1 is 1.28 bits per heavy atom. The van der Waals surface area contributed by atoms with Gasteiger partial charge in [-0.15, -0.1) is 0 Å². The van der Waals surface area contributed by atoms with E-state index in [1.54, 1.807) is 0 Å². The zero-order valence-corrected chi connectivity index (χ0v) is 11.7. The second-order valence-electron chi connectivity index (χ2n) is 3.66. The molecule has 0 aliphatic carbocycles. The number of hydrogen-bond donors (Lipinski definition) is 1. The van der Waals surface area contributed by atoms with Gasteiger partial charge in [0.1, 0.15) is 0 Å². The van der Waals surface area contributed by atoms with Crippen LogP contribution in [0.4, 0.5) is 5.95 Å². The van der Waals surface area contributed by atoms with Crippen LogP contribution in [0.3, 0.4) is 0 Å². The highest BCUT2D eigenvalue weighted by Crippen LogP contribution is 2.26. The number of aryl methyl sites for hydroxylation is 1. The highest BCUT2D eigenvalue weighted by molar-refractivity contribution is 7.99. The Kier molecular flexibility index (Phi) is 4.38. The molecule has 18 heavy (non-hydrogen) atoms. The summed E-state index contributed by atoms with van der Waals surface area (Å²) in [5.41, 5.74) is 1.20. The van der Waals surface area contributed by atoms with Gasteiger partial charge in [0.2, 0.25) is 11.2 Å². The number of rotatable bonds is 4. The van der Waals surface area contributed by atoms with Gasteiger partial charge in [-0.2, -0.15) is 15.0 Å². The van der Waals surface area contributed by atoms with Gasteiger partial charge < -0.3 is 5.32 Å². The molecule has 0 saturated heterocycles. The Morgan fingerprint density at radius 2 is 2.11 bits per heavy atom. The van der Waals surface area contributed by atoms with Crippen LogP contribution in [-0.2, 0) is 0 Å². The highest BCUT2D eigenvalue weighted by Gasteiger charge is 2.06. The standard InChI is InChI=1S/C12H13ClN4S/c1-3-14-11-15-10(13)16-12(17-11)18-9-6-4-5-8(2)7-9/h4-7H,3H2,1-2H3,(H,14,15,16,17). The summed E-state index contributed by atoms with van der Waals surface area (Å²) in [4.78, 5) is 13.5. The molecule has 0 bridgehead atoms. The monoisotopic (exact) mass is 280 g/mol. The highest BCUT2D eigenvalue weighted by atomic mass is 35.5. The quantitative estimate of drug-likeness (QED) is 0.930. The van der Waals surface area contributed by atoms with E-state index in [4.69, 9.17) is 11.6 Å². The summed E-state index contributed by atoms with van der Waals surface area (Å²) < 4.78 is 0. The summed E-state index contributed by atoms with van der Waals surface area (Å²) in [6, 6.07) is 8.15. The van der Waals surface area contributed by atoms with E-state index < -0.39 is 0 Å². The zero-order valence-electron chi connectivity index (χ0n) is 10.1. The Labute approximate surface area is 115 Å². The van der Waals surface area contributed by atoms with Gasteiger partial charge in [0, 0.05) is 11.4 Å². The van der Waals surface area contributed by atoms with Crippen molar-refractivity contribution in [1.82, 2.24) is 15.0 Å². The predicted molar refractivity (Wildman–Crippen MR) is 74.3 cm³/mol. The minimum absolute atomic E-state index is 0.205. The third kappa shape index (κ3) is 3.58. The Hall–Kier alpha value is -1.33. The molecule has 0 amide bonds. The van der Waals surface area contributed by atoms with Crippen molar-refractivity contribution in [3.63, 3.8) is 0 Å². The Balaban J connectivity index is 2.23. The van der Waals surface area contributed by atoms with Gasteiger partial charge in [0.25, 0.3) is 0 Å². The molecule has 0 radical (unpaired) electrons. The lowest BCUT2D eigenvalue weighted by Gasteiger charge is -2.05. The molecule has 0 saturated carbocycles. The van der Waals surface area contributed by atoms with Crippen LogP contribution in [0.15, 0.2) is 34.3 Å². The van der Waals surface area contributed by atoms with E-state index in [0.29, 0.717) is 11.1 Å². The van der Waals surface area contributed by atoms with Gasteiger partial charge in [0.05, 0.1) is 0 Å². The van der Waals surface area contributed by atoms with Gasteiger partial charge >= 0.3 is 0 Å². The molecule has 0 aliphatic rings. The molecular formula is C12H13ClN4S. The van der Waals surface area contributed by atoms with Crippen LogP contribution in [0.2, 0.25) is 5.28 Å². The van der Waals surface area contributed by atoms with E-state index in [1.807, 2.05) is 19.1 Å². The number of nitrogens with zero attached hydrogens (tertiary/aromatic N) is 3. The first-order valence-corrected chi connectivity index (χ1v) is 6.77. The number of nitrogens with one attached hydrogen (secondary N) is 1. The van der Waals surface area contributed by atoms with Crippen molar-refractivity contribution in [3.05, 3.63) is 35.1 Å². The van der Waals surface area contributed by atoms with Crippen molar-refractivity contribution in [3.8, 4) is 0 Å². The molecule has 6 heteroatoms. The Bertz CT molecular complexity index is 547. The summed E-state index contributed by atoms with van der Waals surface area (Å²) in [7, 11) is 0. The summed E-state index contributed by atoms with van der Waals surface area (Å²) >= 11 is 7.34. The van der Waals surface area contributed by atoms with Crippen LogP contribution in [0.1, 0.15) is 12.5 Å². The normalized spacial score (nSPS) is 10.4. The molecule has 4 nitrogen and oxygen atoms in total. The van der Waals surface area contributed by atoms with Crippen LogP contribution in [0.5, 0.6) is 0 Å². The molecule has 0 atom stereocenters. The third-order valence-electron chi connectivity index (χ3n) is 2.12. The fraction of sp³-hybridized carbons (Fsp3) is 0.250. The van der Waals surface area contributed by atoms with Crippen LogP contribution < -0.4 is 5.32 Å². The molecule has 0 fully saturated rings. The zero-order chi connectivity index (χ0) is 13.0.